The van der Waals surface area contributed by atoms with Gasteiger partial charge < -0.3 is 0 Å². The second-order valence-electron chi connectivity index (χ2n) is 6.61. The molecule has 0 unspecified atom stereocenters. The maximum Gasteiger partial charge on any atom is 0.334 e. The lowest BCUT2D eigenvalue weighted by Gasteiger charge is -2.17. The van der Waals surface area contributed by atoms with Crippen LogP contribution in [0, 0.1) is 0 Å². The van der Waals surface area contributed by atoms with E-state index in [0.29, 0.717) is 12.1 Å². The van der Waals surface area contributed by atoms with Crippen molar-refractivity contribution >= 4 is 40.5 Å². The Morgan fingerprint density at radius 2 is 1.93 bits per heavy atom. The second kappa shape index (κ2) is 7.74. The van der Waals surface area contributed by atoms with Crippen molar-refractivity contribution < 1.29 is 14.4 Å². The molecule has 1 aliphatic heterocycles. The Morgan fingerprint density at radius 1 is 1.07 bits per heavy atom. The third kappa shape index (κ3) is 3.72. The average molecular weight is 402 g/mol. The highest BCUT2D eigenvalue weighted by atomic mass is 32.1. The first-order valence-electron chi connectivity index (χ1n) is 8.97. The van der Waals surface area contributed by atoms with Crippen LogP contribution in [0.2, 0.25) is 0 Å². The molecule has 0 spiro atoms. The highest BCUT2D eigenvalue weighted by Gasteiger charge is 2.44. The van der Waals surface area contributed by atoms with Crippen LogP contribution >= 0.6 is 22.7 Å². The zero-order valence-electron chi connectivity index (χ0n) is 14.7. The Hall–Kier alpha value is -2.32. The molecule has 27 heavy (non-hydrogen) atoms. The number of carbonyl (C=O) groups is 3. The quantitative estimate of drug-likeness (QED) is 0.416. The van der Waals surface area contributed by atoms with E-state index in [2.05, 4.69) is 11.1 Å². The fourth-order valence-electron chi connectivity index (χ4n) is 3.33. The molecule has 0 N–H and O–H groups in total. The Kier molecular flexibility index (Phi) is 5.18. The summed E-state index contributed by atoms with van der Waals surface area (Å²) >= 11 is 3.05. The smallest absolute Gasteiger partial charge is 0.263 e. The SMILES string of the molecule is O=C1C(=O)N(Cc2csc(-c3cccs3)n2)C(=O)N1CCC1=CCCCC1. The van der Waals surface area contributed by atoms with Crippen LogP contribution in [0.1, 0.15) is 37.8 Å². The molecule has 1 saturated heterocycles. The first-order chi connectivity index (χ1) is 13.1. The van der Waals surface area contributed by atoms with Gasteiger partial charge in [0.1, 0.15) is 5.01 Å². The molecule has 6 nitrogen and oxygen atoms in total. The summed E-state index contributed by atoms with van der Waals surface area (Å²) in [6.45, 7) is 0.299. The molecule has 0 saturated carbocycles. The third-order valence-corrected chi connectivity index (χ3v) is 6.71. The molecule has 3 heterocycles. The topological polar surface area (TPSA) is 70.6 Å². The van der Waals surface area contributed by atoms with Crippen LogP contribution < -0.4 is 0 Å². The zero-order valence-corrected chi connectivity index (χ0v) is 16.4. The predicted molar refractivity (Wildman–Crippen MR) is 104 cm³/mol. The zero-order chi connectivity index (χ0) is 18.8. The molecule has 1 fully saturated rings. The number of aromatic nitrogens is 1. The number of nitrogens with zero attached hydrogens (tertiary/aromatic N) is 3. The maximum absolute atomic E-state index is 12.6. The summed E-state index contributed by atoms with van der Waals surface area (Å²) in [5, 5.41) is 4.66. The van der Waals surface area contributed by atoms with Crippen molar-refractivity contribution in [2.45, 2.75) is 38.6 Å². The highest BCUT2D eigenvalue weighted by molar-refractivity contribution is 7.20. The van der Waals surface area contributed by atoms with Gasteiger partial charge in [-0.05, 0) is 43.6 Å². The van der Waals surface area contributed by atoms with E-state index in [1.54, 1.807) is 11.3 Å². The molecule has 0 atom stereocenters. The Labute approximate surface area is 165 Å². The van der Waals surface area contributed by atoms with Crippen molar-refractivity contribution in [3.63, 3.8) is 0 Å². The van der Waals surface area contributed by atoms with E-state index < -0.39 is 17.8 Å². The van der Waals surface area contributed by atoms with Gasteiger partial charge in [-0.2, -0.15) is 0 Å². The molecule has 8 heteroatoms. The van der Waals surface area contributed by atoms with Crippen molar-refractivity contribution in [2.75, 3.05) is 6.54 Å². The van der Waals surface area contributed by atoms with Gasteiger partial charge in [0, 0.05) is 11.9 Å². The van der Waals surface area contributed by atoms with Gasteiger partial charge in [0.05, 0.1) is 17.1 Å². The largest absolute Gasteiger partial charge is 0.334 e. The summed E-state index contributed by atoms with van der Waals surface area (Å²) < 4.78 is 0. The summed E-state index contributed by atoms with van der Waals surface area (Å²) in [5.74, 6) is -1.49. The number of thiazole rings is 1. The van der Waals surface area contributed by atoms with Crippen LogP contribution in [0.3, 0.4) is 0 Å². The highest BCUT2D eigenvalue weighted by Crippen LogP contribution is 2.29. The van der Waals surface area contributed by atoms with E-state index >= 15 is 0 Å². The van der Waals surface area contributed by atoms with Crippen molar-refractivity contribution in [3.05, 3.63) is 40.2 Å². The Morgan fingerprint density at radius 3 is 2.67 bits per heavy atom. The first kappa shape index (κ1) is 18.1. The van der Waals surface area contributed by atoms with Gasteiger partial charge in [-0.1, -0.05) is 17.7 Å². The summed E-state index contributed by atoms with van der Waals surface area (Å²) in [5.41, 5.74) is 1.89. The average Bonchev–Trinajstić information content (AvgIpc) is 3.40. The molecule has 2 aromatic heterocycles. The van der Waals surface area contributed by atoms with Crippen molar-refractivity contribution in [1.29, 1.82) is 0 Å². The summed E-state index contributed by atoms with van der Waals surface area (Å²) in [4.78, 5) is 44.8. The van der Waals surface area contributed by atoms with Gasteiger partial charge in [0.25, 0.3) is 0 Å². The maximum atomic E-state index is 12.6. The van der Waals surface area contributed by atoms with Crippen LogP contribution in [0.4, 0.5) is 4.79 Å². The van der Waals surface area contributed by atoms with E-state index in [9.17, 15) is 14.4 Å². The van der Waals surface area contributed by atoms with Gasteiger partial charge in [-0.15, -0.1) is 22.7 Å². The molecular formula is C19H19N3O3S2. The number of urea groups is 1. The lowest BCUT2D eigenvalue weighted by Crippen LogP contribution is -2.34. The van der Waals surface area contributed by atoms with E-state index in [1.165, 1.54) is 23.3 Å². The molecular weight excluding hydrogens is 382 g/mol. The summed E-state index contributed by atoms with van der Waals surface area (Å²) in [6, 6.07) is 3.39. The number of carbonyl (C=O) groups excluding carboxylic acids is 3. The van der Waals surface area contributed by atoms with E-state index in [0.717, 1.165) is 38.9 Å². The number of amides is 4. The van der Waals surface area contributed by atoms with Crippen molar-refractivity contribution in [2.24, 2.45) is 0 Å². The molecule has 0 bridgehead atoms. The number of hydrogen-bond acceptors (Lipinski definition) is 6. The lowest BCUT2D eigenvalue weighted by molar-refractivity contribution is -0.143. The number of allylic oxidation sites excluding steroid dienone is 1. The van der Waals surface area contributed by atoms with E-state index in [-0.39, 0.29) is 13.1 Å². The Bertz CT molecular complexity index is 901. The van der Waals surface area contributed by atoms with Crippen LogP contribution in [-0.4, -0.2) is 39.2 Å². The molecule has 4 amide bonds. The van der Waals surface area contributed by atoms with E-state index in [4.69, 9.17) is 0 Å². The first-order valence-corrected chi connectivity index (χ1v) is 10.7. The second-order valence-corrected chi connectivity index (χ2v) is 8.42. The Balaban J connectivity index is 1.42. The third-order valence-electron chi connectivity index (χ3n) is 4.78. The summed E-state index contributed by atoms with van der Waals surface area (Å²) in [7, 11) is 0. The minimum absolute atomic E-state index is 0.0322. The van der Waals surface area contributed by atoms with Gasteiger partial charge in [-0.3, -0.25) is 14.5 Å². The van der Waals surface area contributed by atoms with Gasteiger partial charge >= 0.3 is 17.8 Å². The minimum Gasteiger partial charge on any atom is -0.263 e. The number of hydrogen-bond donors (Lipinski definition) is 0. The number of rotatable bonds is 6. The van der Waals surface area contributed by atoms with Gasteiger partial charge in [-0.25, -0.2) is 14.7 Å². The summed E-state index contributed by atoms with van der Waals surface area (Å²) in [6.07, 6.45) is 7.25. The minimum atomic E-state index is -0.761. The number of imide groups is 2. The molecule has 1 aliphatic carbocycles. The van der Waals surface area contributed by atoms with Gasteiger partial charge in [0.2, 0.25) is 0 Å². The van der Waals surface area contributed by atoms with Crippen LogP contribution in [0.15, 0.2) is 34.5 Å². The fourth-order valence-corrected chi connectivity index (χ4v) is 4.95. The predicted octanol–water partition coefficient (Wildman–Crippen LogP) is 4.05. The normalized spacial score (nSPS) is 17.8. The lowest BCUT2D eigenvalue weighted by atomic mass is 9.97. The molecule has 2 aliphatic rings. The molecule has 0 radical (unpaired) electrons. The van der Waals surface area contributed by atoms with Crippen molar-refractivity contribution in [3.8, 4) is 9.88 Å². The molecule has 0 aromatic carbocycles. The van der Waals surface area contributed by atoms with Crippen LogP contribution in [0.25, 0.3) is 9.88 Å². The van der Waals surface area contributed by atoms with Crippen molar-refractivity contribution in [1.82, 2.24) is 14.8 Å². The molecule has 140 valence electrons. The van der Waals surface area contributed by atoms with Crippen LogP contribution in [0.5, 0.6) is 0 Å². The molecule has 2 aromatic rings. The van der Waals surface area contributed by atoms with E-state index in [1.807, 2.05) is 22.9 Å². The van der Waals surface area contributed by atoms with Crippen LogP contribution in [-0.2, 0) is 16.1 Å². The molecule has 4 rings (SSSR count). The van der Waals surface area contributed by atoms with Gasteiger partial charge in [0.15, 0.2) is 0 Å². The number of thiophene rings is 1. The fraction of sp³-hybridized carbons (Fsp3) is 0.368. The standard InChI is InChI=1S/C19H19N3O3S2/c23-17-18(24)22(11-14-12-27-16(20-14)15-7-4-10-26-15)19(25)21(17)9-8-13-5-2-1-3-6-13/h4-5,7,10,12H,1-3,6,8-9,11H2. The monoisotopic (exact) mass is 401 g/mol.